The molecule has 132 valence electrons. The molecule has 24 heavy (non-hydrogen) atoms. The minimum atomic E-state index is -4.66. The average Bonchev–Trinajstić information content (AvgIpc) is 2.99. The number of ether oxygens (including phenoxy) is 1. The average molecular weight is 345 g/mol. The molecule has 8 heteroatoms. The van der Waals surface area contributed by atoms with Crippen LogP contribution in [0, 0.1) is 11.8 Å². The van der Waals surface area contributed by atoms with E-state index in [2.05, 4.69) is 0 Å². The van der Waals surface area contributed by atoms with Crippen molar-refractivity contribution in [2.75, 3.05) is 20.2 Å². The number of benzene rings is 1. The van der Waals surface area contributed by atoms with Gasteiger partial charge in [-0.2, -0.15) is 13.2 Å². The van der Waals surface area contributed by atoms with Gasteiger partial charge in [-0.3, -0.25) is 9.59 Å². The molecule has 1 amide bonds. The van der Waals surface area contributed by atoms with Crippen molar-refractivity contribution in [3.05, 3.63) is 29.8 Å². The highest BCUT2D eigenvalue weighted by molar-refractivity contribution is 5.85. The standard InChI is InChI=1S/C16H18F3NO4/c1-9(10-4-3-5-11(6-10)24-2)14(21)20-7-12(15(22)23)13(8-20)16(17,18)19/h3-6,9,12-13H,7-8H2,1-2H3,(H,22,23)/t9?,12-,13-/m1/s1. The van der Waals surface area contributed by atoms with Crippen LogP contribution >= 0.6 is 0 Å². The molecule has 2 rings (SSSR count). The van der Waals surface area contributed by atoms with Crippen molar-refractivity contribution in [3.63, 3.8) is 0 Å². The molecule has 1 aromatic carbocycles. The van der Waals surface area contributed by atoms with Gasteiger partial charge in [0.05, 0.1) is 24.9 Å². The lowest BCUT2D eigenvalue weighted by atomic mass is 9.96. The van der Waals surface area contributed by atoms with Gasteiger partial charge in [-0.15, -0.1) is 0 Å². The number of nitrogens with zero attached hydrogens (tertiary/aromatic N) is 1. The zero-order valence-electron chi connectivity index (χ0n) is 13.2. The Hall–Kier alpha value is -2.25. The SMILES string of the molecule is COc1cccc(C(C)C(=O)N2C[C@@H](C(F)(F)F)[C@H](C(=O)O)C2)c1. The quantitative estimate of drug-likeness (QED) is 0.911. The van der Waals surface area contributed by atoms with Crippen LogP contribution in [0.4, 0.5) is 13.2 Å². The van der Waals surface area contributed by atoms with Crippen LogP contribution in [0.1, 0.15) is 18.4 Å². The molecular formula is C16H18F3NO4. The zero-order valence-corrected chi connectivity index (χ0v) is 13.2. The number of aliphatic carboxylic acids is 1. The number of carboxylic acid groups (broad SMARTS) is 1. The normalized spacial score (nSPS) is 22.3. The van der Waals surface area contributed by atoms with Gasteiger partial charge in [-0.1, -0.05) is 12.1 Å². The molecule has 0 saturated carbocycles. The van der Waals surface area contributed by atoms with E-state index in [1.807, 2.05) is 0 Å². The Bertz CT molecular complexity index is 632. The van der Waals surface area contributed by atoms with Crippen molar-refractivity contribution < 1.29 is 32.6 Å². The van der Waals surface area contributed by atoms with Gasteiger partial charge in [0.1, 0.15) is 5.75 Å². The van der Waals surface area contributed by atoms with Gasteiger partial charge < -0.3 is 14.7 Å². The number of carbonyl (C=O) groups excluding carboxylic acids is 1. The summed E-state index contributed by atoms with van der Waals surface area (Å²) >= 11 is 0. The Balaban J connectivity index is 2.19. The van der Waals surface area contributed by atoms with E-state index in [9.17, 15) is 22.8 Å². The van der Waals surface area contributed by atoms with Gasteiger partial charge in [-0.05, 0) is 24.6 Å². The molecule has 0 radical (unpaired) electrons. The molecule has 0 bridgehead atoms. The van der Waals surface area contributed by atoms with Gasteiger partial charge in [0.2, 0.25) is 5.91 Å². The Morgan fingerprint density at radius 2 is 2.00 bits per heavy atom. The molecular weight excluding hydrogens is 327 g/mol. The van der Waals surface area contributed by atoms with Crippen molar-refractivity contribution in [2.24, 2.45) is 11.8 Å². The highest BCUT2D eigenvalue weighted by atomic mass is 19.4. The van der Waals surface area contributed by atoms with Gasteiger partial charge in [-0.25, -0.2) is 0 Å². The second-order valence-corrected chi connectivity index (χ2v) is 5.83. The lowest BCUT2D eigenvalue weighted by Crippen LogP contribution is -2.34. The summed E-state index contributed by atoms with van der Waals surface area (Å²) < 4.78 is 44.1. The zero-order chi connectivity index (χ0) is 18.1. The molecule has 5 nitrogen and oxygen atoms in total. The van der Waals surface area contributed by atoms with E-state index < -0.39 is 48.9 Å². The molecule has 1 aliphatic rings. The first-order valence-electron chi connectivity index (χ1n) is 7.37. The Morgan fingerprint density at radius 1 is 1.33 bits per heavy atom. The highest BCUT2D eigenvalue weighted by Gasteiger charge is 2.53. The minimum absolute atomic E-state index is 0.438. The predicted molar refractivity (Wildman–Crippen MR) is 78.7 cm³/mol. The van der Waals surface area contributed by atoms with E-state index >= 15 is 0 Å². The van der Waals surface area contributed by atoms with Crippen molar-refractivity contribution in [3.8, 4) is 5.75 Å². The summed E-state index contributed by atoms with van der Waals surface area (Å²) in [6.07, 6.45) is -4.66. The summed E-state index contributed by atoms with van der Waals surface area (Å²) in [6.45, 7) is 0.508. The maximum absolute atomic E-state index is 13.0. The van der Waals surface area contributed by atoms with Crippen LogP contribution in [0.25, 0.3) is 0 Å². The van der Waals surface area contributed by atoms with E-state index in [0.717, 1.165) is 4.90 Å². The number of methoxy groups -OCH3 is 1. The van der Waals surface area contributed by atoms with E-state index in [0.29, 0.717) is 11.3 Å². The number of amides is 1. The largest absolute Gasteiger partial charge is 0.497 e. The monoisotopic (exact) mass is 345 g/mol. The van der Waals surface area contributed by atoms with Crippen molar-refractivity contribution in [1.82, 2.24) is 4.90 Å². The fourth-order valence-electron chi connectivity index (χ4n) is 2.89. The van der Waals surface area contributed by atoms with E-state index in [1.54, 1.807) is 31.2 Å². The fourth-order valence-corrected chi connectivity index (χ4v) is 2.89. The minimum Gasteiger partial charge on any atom is -0.497 e. The molecule has 1 fully saturated rings. The molecule has 1 saturated heterocycles. The van der Waals surface area contributed by atoms with Gasteiger partial charge in [0.15, 0.2) is 0 Å². The number of hydrogen-bond donors (Lipinski definition) is 1. The highest BCUT2D eigenvalue weighted by Crippen LogP contribution is 2.38. The van der Waals surface area contributed by atoms with E-state index in [4.69, 9.17) is 9.84 Å². The first-order chi connectivity index (χ1) is 11.1. The van der Waals surface area contributed by atoms with Crippen LogP contribution in [0.5, 0.6) is 5.75 Å². The third-order valence-electron chi connectivity index (χ3n) is 4.33. The number of hydrogen-bond acceptors (Lipinski definition) is 3. The second kappa shape index (κ2) is 6.70. The summed E-state index contributed by atoms with van der Waals surface area (Å²) in [5.41, 5.74) is 0.599. The van der Waals surface area contributed by atoms with Crippen LogP contribution in [-0.2, 0) is 9.59 Å². The van der Waals surface area contributed by atoms with Gasteiger partial charge in [0, 0.05) is 13.1 Å². The molecule has 1 aliphatic heterocycles. The molecule has 1 heterocycles. The molecule has 1 N–H and O–H groups in total. The first-order valence-corrected chi connectivity index (χ1v) is 7.37. The molecule has 1 aromatic rings. The van der Waals surface area contributed by atoms with Crippen LogP contribution < -0.4 is 4.74 Å². The van der Waals surface area contributed by atoms with Crippen molar-refractivity contribution in [1.29, 1.82) is 0 Å². The van der Waals surface area contributed by atoms with Crippen LogP contribution in [0.15, 0.2) is 24.3 Å². The fraction of sp³-hybridized carbons (Fsp3) is 0.500. The topological polar surface area (TPSA) is 66.8 Å². The first kappa shape index (κ1) is 18.1. The summed E-state index contributed by atoms with van der Waals surface area (Å²) in [5.74, 6) is -5.91. The summed E-state index contributed by atoms with van der Waals surface area (Å²) in [7, 11) is 1.47. The van der Waals surface area contributed by atoms with Crippen molar-refractivity contribution in [2.45, 2.75) is 19.0 Å². The van der Waals surface area contributed by atoms with Crippen LogP contribution in [0.2, 0.25) is 0 Å². The number of alkyl halides is 3. The molecule has 0 aliphatic carbocycles. The summed E-state index contributed by atoms with van der Waals surface area (Å²) in [6, 6.07) is 6.68. The third-order valence-corrected chi connectivity index (χ3v) is 4.33. The van der Waals surface area contributed by atoms with Crippen molar-refractivity contribution >= 4 is 11.9 Å². The number of carboxylic acids is 1. The van der Waals surface area contributed by atoms with Gasteiger partial charge in [0.25, 0.3) is 0 Å². The maximum Gasteiger partial charge on any atom is 0.394 e. The third kappa shape index (κ3) is 3.63. The van der Waals surface area contributed by atoms with Gasteiger partial charge >= 0.3 is 12.1 Å². The smallest absolute Gasteiger partial charge is 0.394 e. The van der Waals surface area contributed by atoms with E-state index in [1.165, 1.54) is 7.11 Å². The lowest BCUT2D eigenvalue weighted by Gasteiger charge is -2.22. The number of rotatable bonds is 4. The van der Waals surface area contributed by atoms with Crippen LogP contribution in [-0.4, -0.2) is 48.3 Å². The Kier molecular flexibility index (Phi) is 5.05. The maximum atomic E-state index is 13.0. The number of halogens is 3. The number of carbonyl (C=O) groups is 2. The predicted octanol–water partition coefficient (Wildman–Crippen LogP) is 2.52. The lowest BCUT2D eigenvalue weighted by molar-refractivity contribution is -0.188. The summed E-state index contributed by atoms with van der Waals surface area (Å²) in [5, 5.41) is 9.02. The summed E-state index contributed by atoms with van der Waals surface area (Å²) in [4.78, 5) is 24.6. The molecule has 0 aromatic heterocycles. The Labute approximate surface area is 137 Å². The molecule has 1 unspecified atom stereocenters. The molecule has 3 atom stereocenters. The van der Waals surface area contributed by atoms with Crippen LogP contribution in [0.3, 0.4) is 0 Å². The molecule has 0 spiro atoms. The number of likely N-dealkylation sites (tertiary alicyclic amines) is 1. The Morgan fingerprint density at radius 3 is 2.50 bits per heavy atom. The second-order valence-electron chi connectivity index (χ2n) is 5.83. The van der Waals surface area contributed by atoms with E-state index in [-0.39, 0.29) is 0 Å².